The van der Waals surface area contributed by atoms with Crippen molar-refractivity contribution in [1.29, 1.82) is 0 Å². The number of hydrogen-bond acceptors (Lipinski definition) is 4. The summed E-state index contributed by atoms with van der Waals surface area (Å²) >= 11 is 0. The standard InChI is InChI=1S/C15H25N3O/c1-4-19-15-9-5-8-14(17-15)18(12(2)3)11-13-7-6-10-16-13/h5,8-9,12-13,16H,4,6-7,10-11H2,1-3H3. The molecule has 1 atom stereocenters. The van der Waals surface area contributed by atoms with Gasteiger partial charge in [0.25, 0.3) is 0 Å². The molecule has 1 fully saturated rings. The summed E-state index contributed by atoms with van der Waals surface area (Å²) in [6, 6.07) is 7.02. The van der Waals surface area contributed by atoms with Crippen LogP contribution < -0.4 is 15.0 Å². The van der Waals surface area contributed by atoms with Crippen molar-refractivity contribution in [2.75, 3.05) is 24.6 Å². The Morgan fingerprint density at radius 1 is 1.47 bits per heavy atom. The molecule has 0 spiro atoms. The van der Waals surface area contributed by atoms with Crippen LogP contribution in [0.1, 0.15) is 33.6 Å². The predicted molar refractivity (Wildman–Crippen MR) is 78.9 cm³/mol. The van der Waals surface area contributed by atoms with Gasteiger partial charge in [0.15, 0.2) is 0 Å². The number of nitrogens with zero attached hydrogens (tertiary/aromatic N) is 2. The third-order valence-corrected chi connectivity index (χ3v) is 3.50. The van der Waals surface area contributed by atoms with Gasteiger partial charge in [-0.3, -0.25) is 0 Å². The summed E-state index contributed by atoms with van der Waals surface area (Å²) in [5.41, 5.74) is 0. The van der Waals surface area contributed by atoms with Crippen molar-refractivity contribution in [3.63, 3.8) is 0 Å². The molecule has 0 amide bonds. The lowest BCUT2D eigenvalue weighted by Crippen LogP contribution is -2.41. The van der Waals surface area contributed by atoms with Crippen LogP contribution in [-0.4, -0.2) is 36.8 Å². The molecule has 1 N–H and O–H groups in total. The zero-order valence-corrected chi connectivity index (χ0v) is 12.2. The molecule has 1 aromatic rings. The minimum atomic E-state index is 0.437. The van der Waals surface area contributed by atoms with Crippen molar-refractivity contribution in [3.8, 4) is 5.88 Å². The Labute approximate surface area is 116 Å². The van der Waals surface area contributed by atoms with Crippen LogP contribution in [0.4, 0.5) is 5.82 Å². The second-order valence-electron chi connectivity index (χ2n) is 5.31. The number of nitrogens with one attached hydrogen (secondary N) is 1. The molecule has 0 aromatic carbocycles. The average molecular weight is 263 g/mol. The first kappa shape index (κ1) is 14.1. The number of anilines is 1. The molecule has 2 heterocycles. The van der Waals surface area contributed by atoms with E-state index in [1.165, 1.54) is 12.8 Å². The second kappa shape index (κ2) is 6.75. The highest BCUT2D eigenvalue weighted by atomic mass is 16.5. The molecule has 4 nitrogen and oxygen atoms in total. The van der Waals surface area contributed by atoms with E-state index in [-0.39, 0.29) is 0 Å². The largest absolute Gasteiger partial charge is 0.478 e. The van der Waals surface area contributed by atoms with Gasteiger partial charge >= 0.3 is 0 Å². The first-order valence-corrected chi connectivity index (χ1v) is 7.30. The molecule has 106 valence electrons. The van der Waals surface area contributed by atoms with Gasteiger partial charge in [-0.05, 0) is 46.2 Å². The summed E-state index contributed by atoms with van der Waals surface area (Å²) in [6.45, 7) is 9.22. The van der Waals surface area contributed by atoms with Crippen LogP contribution in [0.3, 0.4) is 0 Å². The molecule has 1 saturated heterocycles. The quantitative estimate of drug-likeness (QED) is 0.855. The highest BCUT2D eigenvalue weighted by molar-refractivity contribution is 5.42. The zero-order valence-electron chi connectivity index (χ0n) is 12.2. The van der Waals surface area contributed by atoms with Gasteiger partial charge in [-0.15, -0.1) is 0 Å². The SMILES string of the molecule is CCOc1cccc(N(CC2CCCN2)C(C)C)n1. The zero-order chi connectivity index (χ0) is 13.7. The molecular formula is C15H25N3O. The number of hydrogen-bond donors (Lipinski definition) is 1. The summed E-state index contributed by atoms with van der Waals surface area (Å²) in [6.07, 6.45) is 2.54. The molecule has 0 saturated carbocycles. The van der Waals surface area contributed by atoms with Crippen LogP contribution in [-0.2, 0) is 0 Å². The van der Waals surface area contributed by atoms with E-state index < -0.39 is 0 Å². The molecule has 1 aromatic heterocycles. The lowest BCUT2D eigenvalue weighted by molar-refractivity contribution is 0.326. The third-order valence-electron chi connectivity index (χ3n) is 3.50. The predicted octanol–water partition coefficient (Wildman–Crippen LogP) is 2.45. The Kier molecular flexibility index (Phi) is 5.02. The lowest BCUT2D eigenvalue weighted by atomic mass is 10.2. The van der Waals surface area contributed by atoms with E-state index in [1.807, 2.05) is 19.1 Å². The smallest absolute Gasteiger partial charge is 0.215 e. The van der Waals surface area contributed by atoms with Crippen molar-refractivity contribution in [1.82, 2.24) is 10.3 Å². The van der Waals surface area contributed by atoms with Crippen LogP contribution in [0.5, 0.6) is 5.88 Å². The number of pyridine rings is 1. The summed E-state index contributed by atoms with van der Waals surface area (Å²) < 4.78 is 5.49. The van der Waals surface area contributed by atoms with Gasteiger partial charge in [-0.2, -0.15) is 4.98 Å². The average Bonchev–Trinajstić information content (AvgIpc) is 2.89. The molecule has 4 heteroatoms. The van der Waals surface area contributed by atoms with Gasteiger partial charge in [-0.1, -0.05) is 6.07 Å². The Bertz CT molecular complexity index is 389. The molecule has 2 rings (SSSR count). The van der Waals surface area contributed by atoms with E-state index in [4.69, 9.17) is 4.74 Å². The van der Waals surface area contributed by atoms with Gasteiger partial charge in [0, 0.05) is 24.7 Å². The normalized spacial score (nSPS) is 18.8. The van der Waals surface area contributed by atoms with Gasteiger partial charge < -0.3 is 15.0 Å². The Hall–Kier alpha value is -1.29. The van der Waals surface area contributed by atoms with E-state index in [0.29, 0.717) is 24.6 Å². The maximum Gasteiger partial charge on any atom is 0.215 e. The summed E-state index contributed by atoms with van der Waals surface area (Å²) in [4.78, 5) is 6.95. The lowest BCUT2D eigenvalue weighted by Gasteiger charge is -2.30. The van der Waals surface area contributed by atoms with E-state index in [1.54, 1.807) is 0 Å². The molecule has 1 aliphatic heterocycles. The van der Waals surface area contributed by atoms with Gasteiger partial charge in [0.1, 0.15) is 5.82 Å². The third kappa shape index (κ3) is 3.83. The Morgan fingerprint density at radius 3 is 2.95 bits per heavy atom. The van der Waals surface area contributed by atoms with Crippen molar-refractivity contribution >= 4 is 5.82 Å². The molecule has 0 radical (unpaired) electrons. The van der Waals surface area contributed by atoms with E-state index in [2.05, 4.69) is 35.1 Å². The van der Waals surface area contributed by atoms with Gasteiger partial charge in [0.2, 0.25) is 5.88 Å². The minimum absolute atomic E-state index is 0.437. The van der Waals surface area contributed by atoms with Crippen molar-refractivity contribution < 1.29 is 4.74 Å². The van der Waals surface area contributed by atoms with Crippen LogP contribution in [0, 0.1) is 0 Å². The Morgan fingerprint density at radius 2 is 2.32 bits per heavy atom. The fourth-order valence-corrected chi connectivity index (χ4v) is 2.51. The Balaban J connectivity index is 2.10. The summed E-state index contributed by atoms with van der Waals surface area (Å²) in [5.74, 6) is 1.72. The highest BCUT2D eigenvalue weighted by Crippen LogP contribution is 2.20. The highest BCUT2D eigenvalue weighted by Gasteiger charge is 2.20. The fraction of sp³-hybridized carbons (Fsp3) is 0.667. The molecule has 0 bridgehead atoms. The van der Waals surface area contributed by atoms with E-state index in [9.17, 15) is 0 Å². The number of ether oxygens (including phenoxy) is 1. The van der Waals surface area contributed by atoms with Crippen LogP contribution in [0.2, 0.25) is 0 Å². The number of aromatic nitrogens is 1. The number of rotatable bonds is 6. The molecule has 19 heavy (non-hydrogen) atoms. The maximum absolute atomic E-state index is 5.49. The van der Waals surface area contributed by atoms with Crippen LogP contribution in [0.15, 0.2) is 18.2 Å². The van der Waals surface area contributed by atoms with Gasteiger partial charge in [-0.25, -0.2) is 0 Å². The monoisotopic (exact) mass is 263 g/mol. The molecule has 0 aliphatic carbocycles. The molecule has 1 unspecified atom stereocenters. The molecule has 1 aliphatic rings. The van der Waals surface area contributed by atoms with Crippen molar-refractivity contribution in [2.45, 2.75) is 45.7 Å². The summed E-state index contributed by atoms with van der Waals surface area (Å²) in [5, 5.41) is 3.55. The maximum atomic E-state index is 5.49. The van der Waals surface area contributed by atoms with Crippen molar-refractivity contribution in [2.24, 2.45) is 0 Å². The minimum Gasteiger partial charge on any atom is -0.478 e. The topological polar surface area (TPSA) is 37.4 Å². The van der Waals surface area contributed by atoms with E-state index >= 15 is 0 Å². The van der Waals surface area contributed by atoms with Crippen LogP contribution >= 0.6 is 0 Å². The fourth-order valence-electron chi connectivity index (χ4n) is 2.51. The van der Waals surface area contributed by atoms with Crippen LogP contribution in [0.25, 0.3) is 0 Å². The second-order valence-corrected chi connectivity index (χ2v) is 5.31. The molecular weight excluding hydrogens is 238 g/mol. The van der Waals surface area contributed by atoms with E-state index in [0.717, 1.165) is 18.9 Å². The summed E-state index contributed by atoms with van der Waals surface area (Å²) in [7, 11) is 0. The first-order valence-electron chi connectivity index (χ1n) is 7.30. The van der Waals surface area contributed by atoms with Crippen molar-refractivity contribution in [3.05, 3.63) is 18.2 Å². The van der Waals surface area contributed by atoms with Gasteiger partial charge in [0.05, 0.1) is 6.61 Å². The first-order chi connectivity index (χ1) is 9.20.